The molecule has 34 heavy (non-hydrogen) atoms. The Hall–Kier alpha value is -3.01. The van der Waals surface area contributed by atoms with Crippen molar-refractivity contribution in [1.29, 1.82) is 0 Å². The number of alkyl carbamates (subject to hydrolysis) is 1. The number of nitrogens with one attached hydrogen (secondary N) is 2. The van der Waals surface area contributed by atoms with Crippen molar-refractivity contribution in [2.75, 3.05) is 24.5 Å². The maximum absolute atomic E-state index is 13.3. The van der Waals surface area contributed by atoms with Crippen molar-refractivity contribution >= 4 is 22.6 Å². The fourth-order valence-corrected chi connectivity index (χ4v) is 5.19. The number of anilines is 1. The summed E-state index contributed by atoms with van der Waals surface area (Å²) in [5.41, 5.74) is 2.84. The van der Waals surface area contributed by atoms with Gasteiger partial charge in [0.1, 0.15) is 18.0 Å². The van der Waals surface area contributed by atoms with Crippen molar-refractivity contribution in [3.63, 3.8) is 0 Å². The van der Waals surface area contributed by atoms with Gasteiger partial charge >= 0.3 is 6.09 Å². The average molecular weight is 483 g/mol. The number of aliphatic hydroxyl groups is 1. The van der Waals surface area contributed by atoms with Gasteiger partial charge in [-0.25, -0.2) is 14.2 Å². The highest BCUT2D eigenvalue weighted by Gasteiger charge is 2.37. The van der Waals surface area contributed by atoms with Crippen LogP contribution in [0.2, 0.25) is 0 Å². The molecule has 0 spiro atoms. The summed E-state index contributed by atoms with van der Waals surface area (Å²) in [7, 11) is 0. The third-order valence-electron chi connectivity index (χ3n) is 6.25. The van der Waals surface area contributed by atoms with Gasteiger partial charge in [0.05, 0.1) is 10.9 Å². The van der Waals surface area contributed by atoms with E-state index in [0.29, 0.717) is 18.5 Å². The first kappa shape index (κ1) is 22.8. The van der Waals surface area contributed by atoms with Crippen LogP contribution in [0.5, 0.6) is 0 Å². The minimum absolute atomic E-state index is 0.149. The topological polar surface area (TPSA) is 86.7 Å². The molecule has 1 aromatic heterocycles. The third kappa shape index (κ3) is 5.22. The molecule has 2 aliphatic rings. The van der Waals surface area contributed by atoms with Gasteiger partial charge in [0, 0.05) is 32.4 Å². The number of β-amino-alcohol motifs (C(OH)–C–C–N with tert-alkyl or cyclic N) is 1. The van der Waals surface area contributed by atoms with E-state index in [9.17, 15) is 14.3 Å². The number of aromatic nitrogens is 1. The second-order valence-electron chi connectivity index (χ2n) is 8.68. The number of aliphatic hydroxyl groups excluding tert-OH is 1. The second-order valence-corrected chi connectivity index (χ2v) is 9.69. The molecule has 0 bridgehead atoms. The van der Waals surface area contributed by atoms with Gasteiger partial charge in [-0.2, -0.15) is 0 Å². The molecule has 2 aromatic carbocycles. The highest BCUT2D eigenvalue weighted by Crippen LogP contribution is 2.33. The Morgan fingerprint density at radius 2 is 2.06 bits per heavy atom. The number of hydrogen-bond acceptors (Lipinski definition) is 7. The summed E-state index contributed by atoms with van der Waals surface area (Å²) in [5.74, 6) is -0.360. The van der Waals surface area contributed by atoms with Crippen LogP contribution in [0.1, 0.15) is 17.5 Å². The highest BCUT2D eigenvalue weighted by atomic mass is 32.1. The van der Waals surface area contributed by atoms with E-state index in [1.807, 2.05) is 6.20 Å². The Labute approximate surface area is 201 Å². The molecule has 1 amide bonds. The van der Waals surface area contributed by atoms with Crippen LogP contribution in [0.25, 0.3) is 10.4 Å². The lowest BCUT2D eigenvalue weighted by Crippen LogP contribution is -2.41. The molecule has 2 saturated heterocycles. The Kier molecular flexibility index (Phi) is 6.75. The minimum Gasteiger partial charge on any atom is -0.442 e. The van der Waals surface area contributed by atoms with Crippen LogP contribution in [0.4, 0.5) is 14.3 Å². The maximum Gasteiger partial charge on any atom is 0.407 e. The molecule has 3 atom stereocenters. The number of nitrogens with zero attached hydrogens (tertiary/aromatic N) is 2. The molecule has 2 fully saturated rings. The SMILES string of the molecule is O=C(NCc1cccc(F)c1)O[C@@H]1[C@@H](O)CN[C@@H]1Cc1ccc(-c2cnc(N3CCC3)s2)cc1. The van der Waals surface area contributed by atoms with Crippen molar-refractivity contribution in [3.8, 4) is 10.4 Å². The van der Waals surface area contributed by atoms with Crippen molar-refractivity contribution in [1.82, 2.24) is 15.6 Å². The Morgan fingerprint density at radius 1 is 1.24 bits per heavy atom. The van der Waals surface area contributed by atoms with Gasteiger partial charge in [-0.1, -0.05) is 47.7 Å². The molecule has 0 radical (unpaired) electrons. The van der Waals surface area contributed by atoms with E-state index < -0.39 is 18.3 Å². The second kappa shape index (κ2) is 10.1. The summed E-state index contributed by atoms with van der Waals surface area (Å²) in [5, 5.41) is 17.3. The van der Waals surface area contributed by atoms with Crippen LogP contribution in [0.15, 0.2) is 54.7 Å². The lowest BCUT2D eigenvalue weighted by Gasteiger charge is -2.30. The van der Waals surface area contributed by atoms with Gasteiger partial charge < -0.3 is 25.4 Å². The molecule has 178 valence electrons. The van der Waals surface area contributed by atoms with Gasteiger partial charge in [0.15, 0.2) is 5.13 Å². The van der Waals surface area contributed by atoms with E-state index in [4.69, 9.17) is 4.74 Å². The Morgan fingerprint density at radius 3 is 2.79 bits per heavy atom. The number of amides is 1. The van der Waals surface area contributed by atoms with Gasteiger partial charge in [-0.3, -0.25) is 0 Å². The number of carbonyl (C=O) groups is 1. The first-order valence-electron chi connectivity index (χ1n) is 11.5. The van der Waals surface area contributed by atoms with E-state index in [-0.39, 0.29) is 18.4 Å². The van der Waals surface area contributed by atoms with E-state index in [1.165, 1.54) is 18.6 Å². The summed E-state index contributed by atoms with van der Waals surface area (Å²) in [6.07, 6.45) is 1.66. The quantitative estimate of drug-likeness (QED) is 0.479. The molecule has 9 heteroatoms. The molecular weight excluding hydrogens is 455 g/mol. The molecule has 3 aromatic rings. The number of rotatable bonds is 7. The average Bonchev–Trinajstić information content (AvgIpc) is 3.40. The zero-order valence-corrected chi connectivity index (χ0v) is 19.4. The summed E-state index contributed by atoms with van der Waals surface area (Å²) >= 11 is 1.70. The maximum atomic E-state index is 13.3. The highest BCUT2D eigenvalue weighted by molar-refractivity contribution is 7.18. The number of benzene rings is 2. The van der Waals surface area contributed by atoms with E-state index in [1.54, 1.807) is 23.5 Å². The predicted octanol–water partition coefficient (Wildman–Crippen LogP) is 3.33. The molecule has 0 unspecified atom stereocenters. The lowest BCUT2D eigenvalue weighted by atomic mass is 10.0. The minimum atomic E-state index is -0.790. The number of carbonyl (C=O) groups excluding carboxylic acids is 1. The monoisotopic (exact) mass is 482 g/mol. The molecule has 3 N–H and O–H groups in total. The molecule has 0 saturated carbocycles. The van der Waals surface area contributed by atoms with Crippen LogP contribution in [0, 0.1) is 5.82 Å². The third-order valence-corrected chi connectivity index (χ3v) is 7.36. The van der Waals surface area contributed by atoms with E-state index in [0.717, 1.165) is 34.2 Å². The van der Waals surface area contributed by atoms with Crippen molar-refractivity contribution < 1.29 is 19.0 Å². The largest absolute Gasteiger partial charge is 0.442 e. The van der Waals surface area contributed by atoms with Gasteiger partial charge in [0.2, 0.25) is 0 Å². The van der Waals surface area contributed by atoms with Gasteiger partial charge in [-0.15, -0.1) is 0 Å². The lowest BCUT2D eigenvalue weighted by molar-refractivity contribution is 0.0188. The van der Waals surface area contributed by atoms with Crippen LogP contribution in [-0.2, 0) is 17.7 Å². The number of halogens is 1. The fraction of sp³-hybridized carbons (Fsp3) is 0.360. The van der Waals surface area contributed by atoms with Crippen LogP contribution in [-0.4, -0.2) is 54.1 Å². The van der Waals surface area contributed by atoms with Crippen molar-refractivity contribution in [2.24, 2.45) is 0 Å². The summed E-state index contributed by atoms with van der Waals surface area (Å²) < 4.78 is 18.8. The normalized spacial score (nSPS) is 21.8. The Bertz CT molecular complexity index is 1140. The number of ether oxygens (including phenoxy) is 1. The summed E-state index contributed by atoms with van der Waals surface area (Å²) in [4.78, 5) is 20.3. The van der Waals surface area contributed by atoms with Crippen molar-refractivity contribution in [3.05, 3.63) is 71.7 Å². The standard InChI is InChI=1S/C25H27FN4O3S/c26-19-4-1-3-17(11-19)13-29-25(32)33-23-20(27-14-21(23)31)12-16-5-7-18(8-6-16)22-15-28-24(34-22)30-9-2-10-30/h1,3-8,11,15,20-21,23,27,31H,2,9-10,12-14H2,(H,29,32)/t20-,21+,23+/m1/s1. The molecule has 2 aliphatic heterocycles. The van der Waals surface area contributed by atoms with E-state index in [2.05, 4.69) is 44.8 Å². The zero-order valence-electron chi connectivity index (χ0n) is 18.6. The smallest absolute Gasteiger partial charge is 0.407 e. The number of thiazole rings is 1. The van der Waals surface area contributed by atoms with Crippen LogP contribution < -0.4 is 15.5 Å². The molecule has 3 heterocycles. The molecular formula is C25H27FN4O3S. The fourth-order valence-electron chi connectivity index (χ4n) is 4.22. The van der Waals surface area contributed by atoms with Crippen LogP contribution in [0.3, 0.4) is 0 Å². The predicted molar refractivity (Wildman–Crippen MR) is 129 cm³/mol. The Balaban J connectivity index is 1.17. The van der Waals surface area contributed by atoms with Crippen molar-refractivity contribution in [2.45, 2.75) is 37.6 Å². The van der Waals surface area contributed by atoms with Gasteiger partial charge in [-0.05, 0) is 41.7 Å². The summed E-state index contributed by atoms with van der Waals surface area (Å²) in [6.45, 7) is 2.66. The number of hydrogen-bond donors (Lipinski definition) is 3. The van der Waals surface area contributed by atoms with Gasteiger partial charge in [0.25, 0.3) is 0 Å². The zero-order chi connectivity index (χ0) is 23.5. The molecule has 5 rings (SSSR count). The first-order valence-corrected chi connectivity index (χ1v) is 12.3. The molecule has 7 nitrogen and oxygen atoms in total. The van der Waals surface area contributed by atoms with Crippen LogP contribution >= 0.6 is 11.3 Å². The van der Waals surface area contributed by atoms with E-state index >= 15 is 0 Å². The first-order chi connectivity index (χ1) is 16.5. The summed E-state index contributed by atoms with van der Waals surface area (Å²) in [6, 6.07) is 14.1. The molecule has 0 aliphatic carbocycles.